The van der Waals surface area contributed by atoms with Gasteiger partial charge in [-0.1, -0.05) is 36.4 Å². The maximum absolute atomic E-state index is 11.4. The first kappa shape index (κ1) is 16.7. The first-order valence-corrected chi connectivity index (χ1v) is 9.01. The van der Waals surface area contributed by atoms with Crippen LogP contribution in [0.25, 0.3) is 0 Å². The van der Waals surface area contributed by atoms with Gasteiger partial charge in [0.2, 0.25) is 0 Å². The molecule has 0 aliphatic carbocycles. The van der Waals surface area contributed by atoms with E-state index in [1.165, 1.54) is 6.26 Å². The molecule has 118 valence electrons. The van der Waals surface area contributed by atoms with Crippen LogP contribution in [-0.4, -0.2) is 19.8 Å². The van der Waals surface area contributed by atoms with Crippen LogP contribution in [0.3, 0.4) is 0 Å². The van der Waals surface area contributed by atoms with Gasteiger partial charge in [-0.2, -0.15) is 0 Å². The molecule has 0 aromatic heterocycles. The zero-order chi connectivity index (χ0) is 16.2. The summed E-state index contributed by atoms with van der Waals surface area (Å²) in [5.74, 6) is 0. The van der Waals surface area contributed by atoms with Crippen molar-refractivity contribution in [1.82, 2.24) is 5.32 Å². The Kier molecular flexibility index (Phi) is 5.34. The van der Waals surface area contributed by atoms with Crippen molar-refractivity contribution in [2.24, 2.45) is 0 Å². The molecule has 0 saturated heterocycles. The normalized spacial score (nSPS) is 13.0. The number of aliphatic hydroxyl groups excluding tert-OH is 1. The van der Waals surface area contributed by atoms with Gasteiger partial charge in [-0.15, -0.1) is 0 Å². The lowest BCUT2D eigenvalue weighted by molar-refractivity contribution is 0.281. The van der Waals surface area contributed by atoms with Crippen LogP contribution in [0.15, 0.2) is 53.4 Å². The lowest BCUT2D eigenvalue weighted by Crippen LogP contribution is -2.18. The van der Waals surface area contributed by atoms with E-state index in [0.717, 1.165) is 16.7 Å². The summed E-state index contributed by atoms with van der Waals surface area (Å²) < 4.78 is 22.8. The molecule has 0 heterocycles. The van der Waals surface area contributed by atoms with Crippen LogP contribution in [0.4, 0.5) is 0 Å². The number of aliphatic hydroxyl groups is 1. The number of benzene rings is 2. The van der Waals surface area contributed by atoms with Crippen molar-refractivity contribution in [3.8, 4) is 0 Å². The Hall–Kier alpha value is -1.69. The second-order valence-electron chi connectivity index (χ2n) is 5.42. The summed E-state index contributed by atoms with van der Waals surface area (Å²) in [7, 11) is -3.15. The van der Waals surface area contributed by atoms with Gasteiger partial charge in [0.1, 0.15) is 0 Å². The number of hydrogen-bond donors (Lipinski definition) is 2. The highest BCUT2D eigenvalue weighted by Gasteiger charge is 2.08. The van der Waals surface area contributed by atoms with Gasteiger partial charge in [0, 0.05) is 18.8 Å². The number of hydrogen-bond acceptors (Lipinski definition) is 4. The lowest BCUT2D eigenvalue weighted by Gasteiger charge is -2.15. The van der Waals surface area contributed by atoms with Crippen molar-refractivity contribution in [1.29, 1.82) is 0 Å². The zero-order valence-corrected chi connectivity index (χ0v) is 13.6. The summed E-state index contributed by atoms with van der Waals surface area (Å²) in [6, 6.07) is 14.8. The maximum Gasteiger partial charge on any atom is 0.175 e. The predicted octanol–water partition coefficient (Wildman–Crippen LogP) is 2.43. The fraction of sp³-hybridized carbons (Fsp3) is 0.294. The molecule has 0 spiro atoms. The van der Waals surface area contributed by atoms with E-state index in [1.807, 2.05) is 36.4 Å². The molecule has 0 saturated carbocycles. The Morgan fingerprint density at radius 2 is 1.77 bits per heavy atom. The van der Waals surface area contributed by atoms with Crippen molar-refractivity contribution < 1.29 is 13.5 Å². The zero-order valence-electron chi connectivity index (χ0n) is 12.8. The molecule has 1 unspecified atom stereocenters. The fourth-order valence-corrected chi connectivity index (χ4v) is 2.83. The summed E-state index contributed by atoms with van der Waals surface area (Å²) in [4.78, 5) is 0.333. The van der Waals surface area contributed by atoms with Crippen molar-refractivity contribution in [2.75, 3.05) is 6.26 Å². The van der Waals surface area contributed by atoms with E-state index in [4.69, 9.17) is 0 Å². The molecular weight excluding hydrogens is 298 g/mol. The third-order valence-corrected chi connectivity index (χ3v) is 4.73. The minimum absolute atomic E-state index is 0.0352. The third kappa shape index (κ3) is 4.40. The standard InChI is InChI=1S/C17H21NO3S/c1-13(16-5-3-4-15(10-16)12-19)18-11-14-6-8-17(9-7-14)22(2,20)21/h3-10,13,18-19H,11-12H2,1-2H3. The Morgan fingerprint density at radius 1 is 1.09 bits per heavy atom. The largest absolute Gasteiger partial charge is 0.392 e. The third-order valence-electron chi connectivity index (χ3n) is 3.60. The lowest BCUT2D eigenvalue weighted by atomic mass is 10.1. The van der Waals surface area contributed by atoms with Crippen LogP contribution in [0, 0.1) is 0 Å². The molecule has 0 radical (unpaired) electrons. The number of sulfone groups is 1. The van der Waals surface area contributed by atoms with Gasteiger partial charge in [0.25, 0.3) is 0 Å². The molecule has 0 bridgehead atoms. The van der Waals surface area contributed by atoms with Gasteiger partial charge in [0.15, 0.2) is 9.84 Å². The van der Waals surface area contributed by atoms with Crippen LogP contribution in [0.2, 0.25) is 0 Å². The van der Waals surface area contributed by atoms with Gasteiger partial charge < -0.3 is 10.4 Å². The van der Waals surface area contributed by atoms with E-state index in [-0.39, 0.29) is 12.6 Å². The van der Waals surface area contributed by atoms with Crippen molar-refractivity contribution in [3.05, 3.63) is 65.2 Å². The van der Waals surface area contributed by atoms with Gasteiger partial charge >= 0.3 is 0 Å². The summed E-state index contributed by atoms with van der Waals surface area (Å²) in [6.45, 7) is 2.74. The summed E-state index contributed by atoms with van der Waals surface area (Å²) in [5.41, 5.74) is 3.03. The van der Waals surface area contributed by atoms with E-state index >= 15 is 0 Å². The SMILES string of the molecule is CC(NCc1ccc(S(C)(=O)=O)cc1)c1cccc(CO)c1. The van der Waals surface area contributed by atoms with Crippen LogP contribution in [0.1, 0.15) is 29.7 Å². The molecule has 0 fully saturated rings. The summed E-state index contributed by atoms with van der Waals surface area (Å²) in [5, 5.41) is 12.6. The molecule has 2 aromatic carbocycles. The topological polar surface area (TPSA) is 66.4 Å². The summed E-state index contributed by atoms with van der Waals surface area (Å²) >= 11 is 0. The molecule has 0 amide bonds. The van der Waals surface area contributed by atoms with Gasteiger partial charge in [-0.3, -0.25) is 0 Å². The molecule has 1 atom stereocenters. The molecular formula is C17H21NO3S. The minimum Gasteiger partial charge on any atom is -0.392 e. The Balaban J connectivity index is 2.00. The molecule has 0 aliphatic heterocycles. The average Bonchev–Trinajstić information content (AvgIpc) is 2.52. The highest BCUT2D eigenvalue weighted by molar-refractivity contribution is 7.90. The second kappa shape index (κ2) is 7.05. The van der Waals surface area contributed by atoms with Gasteiger partial charge in [0.05, 0.1) is 11.5 Å². The molecule has 0 aliphatic rings. The molecule has 22 heavy (non-hydrogen) atoms. The maximum atomic E-state index is 11.4. The number of nitrogens with one attached hydrogen (secondary N) is 1. The molecule has 2 rings (SSSR count). The van der Waals surface area contributed by atoms with E-state index in [0.29, 0.717) is 11.4 Å². The van der Waals surface area contributed by atoms with E-state index in [2.05, 4.69) is 12.2 Å². The Morgan fingerprint density at radius 3 is 2.36 bits per heavy atom. The van der Waals surface area contributed by atoms with Crippen LogP contribution in [-0.2, 0) is 23.0 Å². The van der Waals surface area contributed by atoms with Crippen LogP contribution >= 0.6 is 0 Å². The fourth-order valence-electron chi connectivity index (χ4n) is 2.20. The van der Waals surface area contributed by atoms with Crippen molar-refractivity contribution >= 4 is 9.84 Å². The highest BCUT2D eigenvalue weighted by Crippen LogP contribution is 2.16. The Bertz CT molecular complexity index is 724. The monoisotopic (exact) mass is 319 g/mol. The van der Waals surface area contributed by atoms with Gasteiger partial charge in [-0.05, 0) is 35.7 Å². The highest BCUT2D eigenvalue weighted by atomic mass is 32.2. The van der Waals surface area contributed by atoms with E-state index in [9.17, 15) is 13.5 Å². The molecule has 2 aromatic rings. The molecule has 5 heteroatoms. The van der Waals surface area contributed by atoms with E-state index in [1.54, 1.807) is 12.1 Å². The van der Waals surface area contributed by atoms with Crippen LogP contribution in [0.5, 0.6) is 0 Å². The molecule has 4 nitrogen and oxygen atoms in total. The quantitative estimate of drug-likeness (QED) is 0.858. The van der Waals surface area contributed by atoms with Crippen molar-refractivity contribution in [3.63, 3.8) is 0 Å². The Labute approximate surface area is 131 Å². The first-order valence-electron chi connectivity index (χ1n) is 7.12. The average molecular weight is 319 g/mol. The van der Waals surface area contributed by atoms with Gasteiger partial charge in [-0.25, -0.2) is 8.42 Å². The predicted molar refractivity (Wildman–Crippen MR) is 87.2 cm³/mol. The first-order chi connectivity index (χ1) is 10.4. The molecule has 2 N–H and O–H groups in total. The van der Waals surface area contributed by atoms with Crippen LogP contribution < -0.4 is 5.32 Å². The smallest absolute Gasteiger partial charge is 0.175 e. The minimum atomic E-state index is -3.15. The van der Waals surface area contributed by atoms with E-state index < -0.39 is 9.84 Å². The van der Waals surface area contributed by atoms with Crippen molar-refractivity contribution in [2.45, 2.75) is 31.0 Å². The second-order valence-corrected chi connectivity index (χ2v) is 7.44. The summed E-state index contributed by atoms with van der Waals surface area (Å²) in [6.07, 6.45) is 1.20. The number of rotatable bonds is 6.